The van der Waals surface area contributed by atoms with E-state index in [4.69, 9.17) is 0 Å². The quantitative estimate of drug-likeness (QED) is 0.743. The molecule has 2 aliphatic heterocycles. The van der Waals surface area contributed by atoms with Crippen LogP contribution in [-0.2, 0) is 27.7 Å². The molecular weight excluding hydrogens is 408 g/mol. The Morgan fingerprint density at radius 2 is 1.94 bits per heavy atom. The van der Waals surface area contributed by atoms with Crippen molar-refractivity contribution in [3.8, 4) is 11.1 Å². The predicted octanol–water partition coefficient (Wildman–Crippen LogP) is 3.70. The molecule has 2 aromatic carbocycles. The van der Waals surface area contributed by atoms with Gasteiger partial charge in [-0.1, -0.05) is 60.7 Å². The lowest BCUT2D eigenvalue weighted by molar-refractivity contribution is -0.132. The average molecular weight is 439 g/mol. The zero-order valence-electron chi connectivity index (χ0n) is 18.0. The number of allylic oxidation sites excluding steroid dienone is 2. The summed E-state index contributed by atoms with van der Waals surface area (Å²) in [6.45, 7) is 2.23. The van der Waals surface area contributed by atoms with Gasteiger partial charge in [-0.05, 0) is 54.9 Å². The molecule has 1 amide bonds. The first-order chi connectivity index (χ1) is 15.0. The molecule has 164 valence electrons. The van der Waals surface area contributed by atoms with E-state index in [2.05, 4.69) is 65.4 Å². The van der Waals surface area contributed by atoms with Crippen LogP contribution in [0.25, 0.3) is 11.1 Å². The average Bonchev–Trinajstić information content (AvgIpc) is 3.15. The summed E-state index contributed by atoms with van der Waals surface area (Å²) in [5.41, 5.74) is 4.74. The molecule has 5 nitrogen and oxygen atoms in total. The van der Waals surface area contributed by atoms with E-state index in [0.29, 0.717) is 32.2 Å². The lowest BCUT2D eigenvalue weighted by Crippen LogP contribution is -2.48. The van der Waals surface area contributed by atoms with Crippen LogP contribution in [0.4, 0.5) is 0 Å². The van der Waals surface area contributed by atoms with Crippen molar-refractivity contribution < 1.29 is 13.2 Å². The normalized spacial score (nSPS) is 23.0. The van der Waals surface area contributed by atoms with Gasteiger partial charge < -0.3 is 4.90 Å². The number of benzene rings is 2. The highest BCUT2D eigenvalue weighted by Crippen LogP contribution is 2.29. The number of hydrogen-bond donors (Lipinski definition) is 1. The van der Waals surface area contributed by atoms with Crippen LogP contribution in [0.1, 0.15) is 37.3 Å². The largest absolute Gasteiger partial charge is 0.338 e. The number of nitrogens with zero attached hydrogens (tertiary/aromatic N) is 1. The number of hydrogen-bond acceptors (Lipinski definition) is 3. The molecule has 2 atom stereocenters. The van der Waals surface area contributed by atoms with E-state index in [9.17, 15) is 13.2 Å². The highest BCUT2D eigenvalue weighted by molar-refractivity contribution is 7.89. The second-order valence-electron chi connectivity index (χ2n) is 8.35. The Kier molecular flexibility index (Phi) is 6.58. The number of rotatable bonds is 3. The molecule has 2 bridgehead atoms. The summed E-state index contributed by atoms with van der Waals surface area (Å²) in [6.07, 6.45) is 7.48. The van der Waals surface area contributed by atoms with Crippen LogP contribution in [0.15, 0.2) is 60.7 Å². The molecule has 0 saturated carbocycles. The maximum absolute atomic E-state index is 13.0. The Balaban J connectivity index is 1.72. The summed E-state index contributed by atoms with van der Waals surface area (Å²) in [5.74, 6) is 0.141. The standard InChI is InChI=1S/C25H30N2O3S/c1-2-31(29,30)26-23-15-16-27-24(23)18-19-9-8-12-21(17-19)22-13-7-6-11-20(22)10-4-3-5-14-25(27)28/h3-4,6-9,11-13,17,23-24,26H,2,5,10,14-16,18H2,1H3/b4-3+. The summed E-state index contributed by atoms with van der Waals surface area (Å²) >= 11 is 0. The lowest BCUT2D eigenvalue weighted by atomic mass is 9.93. The highest BCUT2D eigenvalue weighted by atomic mass is 32.2. The maximum Gasteiger partial charge on any atom is 0.223 e. The molecule has 2 unspecified atom stereocenters. The van der Waals surface area contributed by atoms with E-state index < -0.39 is 10.0 Å². The van der Waals surface area contributed by atoms with E-state index in [0.717, 1.165) is 17.5 Å². The number of nitrogens with one attached hydrogen (secondary N) is 1. The van der Waals surface area contributed by atoms with Gasteiger partial charge in [0.2, 0.25) is 15.9 Å². The topological polar surface area (TPSA) is 66.5 Å². The zero-order valence-corrected chi connectivity index (χ0v) is 18.8. The minimum atomic E-state index is -3.34. The van der Waals surface area contributed by atoms with Gasteiger partial charge >= 0.3 is 0 Å². The fourth-order valence-electron chi connectivity index (χ4n) is 4.63. The van der Waals surface area contributed by atoms with Crippen LogP contribution in [0.3, 0.4) is 0 Å². The van der Waals surface area contributed by atoms with Crippen LogP contribution in [0.2, 0.25) is 0 Å². The maximum atomic E-state index is 13.0. The first-order valence-electron chi connectivity index (χ1n) is 11.1. The van der Waals surface area contributed by atoms with E-state index in [1.165, 1.54) is 11.1 Å². The Morgan fingerprint density at radius 1 is 1.10 bits per heavy atom. The van der Waals surface area contributed by atoms with Crippen molar-refractivity contribution in [2.24, 2.45) is 0 Å². The summed E-state index contributed by atoms with van der Waals surface area (Å²) in [4.78, 5) is 14.9. The van der Waals surface area contributed by atoms with Crippen LogP contribution >= 0.6 is 0 Å². The monoisotopic (exact) mass is 438 g/mol. The molecule has 6 heteroatoms. The molecule has 1 N–H and O–H groups in total. The molecule has 1 saturated heterocycles. The Bertz CT molecular complexity index is 1080. The van der Waals surface area contributed by atoms with E-state index in [-0.39, 0.29) is 23.7 Å². The lowest BCUT2D eigenvalue weighted by Gasteiger charge is -2.29. The van der Waals surface area contributed by atoms with Gasteiger partial charge in [-0.15, -0.1) is 0 Å². The minimum Gasteiger partial charge on any atom is -0.338 e. The minimum absolute atomic E-state index is 0.0429. The van der Waals surface area contributed by atoms with Gasteiger partial charge in [0.05, 0.1) is 11.8 Å². The zero-order chi connectivity index (χ0) is 21.8. The van der Waals surface area contributed by atoms with Crippen LogP contribution in [0, 0.1) is 0 Å². The predicted molar refractivity (Wildman–Crippen MR) is 124 cm³/mol. The van der Waals surface area contributed by atoms with Gasteiger partial charge in [-0.25, -0.2) is 13.1 Å². The fourth-order valence-corrected chi connectivity index (χ4v) is 5.54. The third kappa shape index (κ3) is 5.08. The van der Waals surface area contributed by atoms with Crippen molar-refractivity contribution in [2.45, 2.75) is 51.1 Å². The van der Waals surface area contributed by atoms with Crippen molar-refractivity contribution >= 4 is 15.9 Å². The van der Waals surface area contributed by atoms with Crippen LogP contribution in [-0.4, -0.2) is 43.6 Å². The summed E-state index contributed by atoms with van der Waals surface area (Å²) in [5, 5.41) is 0. The Hall–Kier alpha value is -2.44. The van der Waals surface area contributed by atoms with Crippen molar-refractivity contribution in [1.82, 2.24) is 9.62 Å². The van der Waals surface area contributed by atoms with Crippen LogP contribution < -0.4 is 4.72 Å². The molecule has 31 heavy (non-hydrogen) atoms. The number of carbonyl (C=O) groups excluding carboxylic acids is 1. The smallest absolute Gasteiger partial charge is 0.223 e. The molecular formula is C25H30N2O3S. The van der Waals surface area contributed by atoms with Gasteiger partial charge in [0, 0.05) is 19.0 Å². The molecule has 0 aliphatic carbocycles. The molecule has 0 radical (unpaired) electrons. The summed E-state index contributed by atoms with van der Waals surface area (Å²) in [6, 6.07) is 16.4. The van der Waals surface area contributed by atoms with Crippen molar-refractivity contribution in [3.05, 3.63) is 71.8 Å². The second kappa shape index (κ2) is 9.37. The van der Waals surface area contributed by atoms with Crippen LogP contribution in [0.5, 0.6) is 0 Å². The number of sulfonamides is 1. The van der Waals surface area contributed by atoms with E-state index in [1.807, 2.05) is 4.90 Å². The van der Waals surface area contributed by atoms with Gasteiger partial charge in [0.1, 0.15) is 0 Å². The summed E-state index contributed by atoms with van der Waals surface area (Å²) in [7, 11) is -3.34. The number of amides is 1. The van der Waals surface area contributed by atoms with Gasteiger partial charge in [-0.2, -0.15) is 0 Å². The molecule has 1 fully saturated rings. The van der Waals surface area contributed by atoms with Gasteiger partial charge in [0.25, 0.3) is 0 Å². The highest BCUT2D eigenvalue weighted by Gasteiger charge is 2.38. The van der Waals surface area contributed by atoms with Crippen molar-refractivity contribution in [3.63, 3.8) is 0 Å². The number of carbonyl (C=O) groups is 1. The second-order valence-corrected chi connectivity index (χ2v) is 10.4. The first kappa shape index (κ1) is 21.8. The molecule has 4 rings (SSSR count). The van der Waals surface area contributed by atoms with Crippen molar-refractivity contribution in [2.75, 3.05) is 12.3 Å². The summed E-state index contributed by atoms with van der Waals surface area (Å²) < 4.78 is 27.4. The Labute approximate surface area is 185 Å². The first-order valence-corrected chi connectivity index (χ1v) is 12.7. The molecule has 0 spiro atoms. The molecule has 0 aromatic heterocycles. The third-order valence-corrected chi connectivity index (χ3v) is 7.73. The number of fused-ring (bicyclic) bond motifs is 5. The third-order valence-electron chi connectivity index (χ3n) is 6.31. The fraction of sp³-hybridized carbons (Fsp3) is 0.400. The van der Waals surface area contributed by atoms with E-state index >= 15 is 0 Å². The van der Waals surface area contributed by atoms with Crippen molar-refractivity contribution in [1.29, 1.82) is 0 Å². The Morgan fingerprint density at radius 3 is 2.77 bits per heavy atom. The molecule has 2 heterocycles. The molecule has 2 aromatic rings. The SMILES string of the molecule is CCS(=O)(=O)NC1CCN2C(=O)CC/C=C/Cc3ccccc3-c3cccc(c3)CC12. The van der Waals surface area contributed by atoms with E-state index in [1.54, 1.807) is 6.92 Å². The van der Waals surface area contributed by atoms with Gasteiger partial charge in [-0.3, -0.25) is 4.79 Å². The molecule has 2 aliphatic rings. The van der Waals surface area contributed by atoms with Gasteiger partial charge in [0.15, 0.2) is 0 Å².